The Morgan fingerprint density at radius 1 is 1.15 bits per heavy atom. The van der Waals surface area contributed by atoms with Crippen LogP contribution < -0.4 is 19.7 Å². The second-order valence-electron chi connectivity index (χ2n) is 5.93. The lowest BCUT2D eigenvalue weighted by atomic mass is 10.1. The monoisotopic (exact) mass is 390 g/mol. The van der Waals surface area contributed by atoms with E-state index in [4.69, 9.17) is 21.1 Å². The van der Waals surface area contributed by atoms with E-state index in [-0.39, 0.29) is 18.4 Å². The summed E-state index contributed by atoms with van der Waals surface area (Å²) in [5.41, 5.74) is 1.94. The molecule has 2 aromatic carbocycles. The van der Waals surface area contributed by atoms with Crippen LogP contribution in [0.1, 0.15) is 22.8 Å². The van der Waals surface area contributed by atoms with E-state index in [1.807, 2.05) is 6.92 Å². The van der Waals surface area contributed by atoms with Crippen molar-refractivity contribution in [3.8, 4) is 11.5 Å². The first-order chi connectivity index (χ1) is 12.9. The number of ether oxygens (including phenoxy) is 2. The number of amides is 2. The van der Waals surface area contributed by atoms with Gasteiger partial charge in [0.15, 0.2) is 0 Å². The lowest BCUT2D eigenvalue weighted by Gasteiger charge is -2.24. The van der Waals surface area contributed by atoms with Crippen molar-refractivity contribution in [2.45, 2.75) is 13.8 Å². The van der Waals surface area contributed by atoms with Crippen molar-refractivity contribution in [1.29, 1.82) is 0 Å². The van der Waals surface area contributed by atoms with E-state index in [0.29, 0.717) is 34.3 Å². The van der Waals surface area contributed by atoms with Gasteiger partial charge in [0.05, 0.1) is 19.9 Å². The highest BCUT2D eigenvalue weighted by atomic mass is 35.5. The third-order valence-electron chi connectivity index (χ3n) is 4.08. The SMILES string of the molecule is COc1cccc(C(=O)NCCN(C(C)=O)c2cc(C)c(Cl)cc2OC)c1. The Hall–Kier alpha value is -2.73. The Labute approximate surface area is 164 Å². The van der Waals surface area contributed by atoms with Crippen LogP contribution in [0.15, 0.2) is 36.4 Å². The van der Waals surface area contributed by atoms with Gasteiger partial charge in [-0.05, 0) is 36.8 Å². The number of anilines is 1. The summed E-state index contributed by atoms with van der Waals surface area (Å²) in [6, 6.07) is 10.3. The molecule has 0 fully saturated rings. The zero-order valence-corrected chi connectivity index (χ0v) is 16.6. The Balaban J connectivity index is 2.10. The van der Waals surface area contributed by atoms with Crippen molar-refractivity contribution in [3.63, 3.8) is 0 Å². The molecule has 0 aliphatic carbocycles. The lowest BCUT2D eigenvalue weighted by molar-refractivity contribution is -0.116. The van der Waals surface area contributed by atoms with Crippen LogP contribution in [0, 0.1) is 6.92 Å². The van der Waals surface area contributed by atoms with E-state index < -0.39 is 0 Å². The van der Waals surface area contributed by atoms with E-state index in [1.54, 1.807) is 48.4 Å². The fraction of sp³-hybridized carbons (Fsp3) is 0.300. The van der Waals surface area contributed by atoms with Gasteiger partial charge in [0.25, 0.3) is 5.91 Å². The third kappa shape index (κ3) is 5.14. The number of methoxy groups -OCH3 is 2. The summed E-state index contributed by atoms with van der Waals surface area (Å²) in [4.78, 5) is 26.0. The summed E-state index contributed by atoms with van der Waals surface area (Å²) in [6.45, 7) is 3.89. The van der Waals surface area contributed by atoms with Crippen molar-refractivity contribution in [2.24, 2.45) is 0 Å². The van der Waals surface area contributed by atoms with Crippen molar-refractivity contribution >= 4 is 29.1 Å². The van der Waals surface area contributed by atoms with Crippen molar-refractivity contribution in [1.82, 2.24) is 5.32 Å². The standard InChI is InChI=1S/C20H23ClN2O4/c1-13-10-18(19(27-4)12-17(13)21)23(14(2)24)9-8-22-20(25)15-6-5-7-16(11-15)26-3/h5-7,10-12H,8-9H2,1-4H3,(H,22,25). The lowest BCUT2D eigenvalue weighted by Crippen LogP contribution is -2.37. The molecule has 7 heteroatoms. The summed E-state index contributed by atoms with van der Waals surface area (Å²) in [7, 11) is 3.07. The number of hydrogen-bond donors (Lipinski definition) is 1. The van der Waals surface area contributed by atoms with Crippen molar-refractivity contribution in [3.05, 3.63) is 52.5 Å². The van der Waals surface area contributed by atoms with Crippen LogP contribution in [-0.2, 0) is 4.79 Å². The minimum absolute atomic E-state index is 0.161. The molecule has 0 aliphatic rings. The van der Waals surface area contributed by atoms with Gasteiger partial charge in [0, 0.05) is 36.7 Å². The molecule has 0 unspecified atom stereocenters. The molecule has 0 bridgehead atoms. The second-order valence-corrected chi connectivity index (χ2v) is 6.34. The van der Waals surface area contributed by atoms with Gasteiger partial charge >= 0.3 is 0 Å². The maximum atomic E-state index is 12.3. The second kappa shape index (κ2) is 9.28. The number of nitrogens with zero attached hydrogens (tertiary/aromatic N) is 1. The highest BCUT2D eigenvalue weighted by Crippen LogP contribution is 2.33. The van der Waals surface area contributed by atoms with Crippen LogP contribution >= 0.6 is 11.6 Å². The molecule has 2 aromatic rings. The van der Waals surface area contributed by atoms with Crippen molar-refractivity contribution in [2.75, 3.05) is 32.2 Å². The average molecular weight is 391 g/mol. The van der Waals surface area contributed by atoms with Crippen LogP contribution in [0.4, 0.5) is 5.69 Å². The average Bonchev–Trinajstić information content (AvgIpc) is 2.66. The first kappa shape index (κ1) is 20.6. The Morgan fingerprint density at radius 3 is 2.52 bits per heavy atom. The van der Waals surface area contributed by atoms with Gasteiger partial charge in [0.2, 0.25) is 5.91 Å². The molecule has 0 saturated heterocycles. The van der Waals surface area contributed by atoms with Crippen LogP contribution in [0.25, 0.3) is 0 Å². The molecule has 2 rings (SSSR count). The topological polar surface area (TPSA) is 67.9 Å². The van der Waals surface area contributed by atoms with Gasteiger partial charge in [-0.15, -0.1) is 0 Å². The van der Waals surface area contributed by atoms with E-state index >= 15 is 0 Å². The largest absolute Gasteiger partial charge is 0.497 e. The van der Waals surface area contributed by atoms with E-state index in [9.17, 15) is 9.59 Å². The predicted octanol–water partition coefficient (Wildman–Crippen LogP) is 3.45. The van der Waals surface area contributed by atoms with Gasteiger partial charge < -0.3 is 19.7 Å². The van der Waals surface area contributed by atoms with Crippen LogP contribution in [-0.4, -0.2) is 39.1 Å². The maximum Gasteiger partial charge on any atom is 0.251 e. The molecule has 0 spiro atoms. The Kier molecular flexibility index (Phi) is 7.07. The molecule has 27 heavy (non-hydrogen) atoms. The first-order valence-corrected chi connectivity index (χ1v) is 8.79. The fourth-order valence-corrected chi connectivity index (χ4v) is 2.77. The molecular weight excluding hydrogens is 368 g/mol. The number of carbonyl (C=O) groups excluding carboxylic acids is 2. The molecule has 0 radical (unpaired) electrons. The predicted molar refractivity (Wildman–Crippen MR) is 106 cm³/mol. The molecule has 0 aliphatic heterocycles. The van der Waals surface area contributed by atoms with Crippen molar-refractivity contribution < 1.29 is 19.1 Å². The van der Waals surface area contributed by atoms with Crippen LogP contribution in [0.5, 0.6) is 11.5 Å². The molecule has 0 heterocycles. The Bertz CT molecular complexity index is 839. The van der Waals surface area contributed by atoms with E-state index in [1.165, 1.54) is 14.0 Å². The quantitative estimate of drug-likeness (QED) is 0.786. The minimum atomic E-state index is -0.239. The molecule has 1 N–H and O–H groups in total. The highest BCUT2D eigenvalue weighted by Gasteiger charge is 2.18. The molecule has 6 nitrogen and oxygen atoms in total. The number of aryl methyl sites for hydroxylation is 1. The van der Waals surface area contributed by atoms with Gasteiger partial charge in [0.1, 0.15) is 11.5 Å². The fourth-order valence-electron chi connectivity index (χ4n) is 2.62. The smallest absolute Gasteiger partial charge is 0.251 e. The van der Waals surface area contributed by atoms with Gasteiger partial charge in [-0.2, -0.15) is 0 Å². The van der Waals surface area contributed by atoms with Gasteiger partial charge in [-0.1, -0.05) is 17.7 Å². The molecule has 2 amide bonds. The maximum absolute atomic E-state index is 12.3. The zero-order chi connectivity index (χ0) is 20.0. The molecule has 0 aromatic heterocycles. The summed E-state index contributed by atoms with van der Waals surface area (Å²) >= 11 is 6.14. The summed E-state index contributed by atoms with van der Waals surface area (Å²) in [5, 5.41) is 3.37. The van der Waals surface area contributed by atoms with Crippen LogP contribution in [0.3, 0.4) is 0 Å². The summed E-state index contributed by atoms with van der Waals surface area (Å²) in [5.74, 6) is 0.705. The molecular formula is C20H23ClN2O4. The number of carbonyl (C=O) groups is 2. The van der Waals surface area contributed by atoms with Gasteiger partial charge in [-0.3, -0.25) is 9.59 Å². The number of benzene rings is 2. The van der Waals surface area contributed by atoms with E-state index in [2.05, 4.69) is 5.32 Å². The highest BCUT2D eigenvalue weighted by molar-refractivity contribution is 6.31. The van der Waals surface area contributed by atoms with Gasteiger partial charge in [-0.25, -0.2) is 0 Å². The first-order valence-electron chi connectivity index (χ1n) is 8.42. The molecule has 144 valence electrons. The summed E-state index contributed by atoms with van der Waals surface area (Å²) < 4.78 is 10.5. The summed E-state index contributed by atoms with van der Waals surface area (Å²) in [6.07, 6.45) is 0. The molecule has 0 saturated carbocycles. The Morgan fingerprint density at radius 2 is 1.89 bits per heavy atom. The normalized spacial score (nSPS) is 10.3. The zero-order valence-electron chi connectivity index (χ0n) is 15.8. The number of nitrogens with one attached hydrogen (secondary N) is 1. The number of rotatable bonds is 7. The number of hydrogen-bond acceptors (Lipinski definition) is 4. The van der Waals surface area contributed by atoms with E-state index in [0.717, 1.165) is 5.56 Å². The van der Waals surface area contributed by atoms with Crippen LogP contribution in [0.2, 0.25) is 5.02 Å². The number of halogens is 1. The minimum Gasteiger partial charge on any atom is -0.497 e. The molecule has 0 atom stereocenters. The third-order valence-corrected chi connectivity index (χ3v) is 4.49.